The van der Waals surface area contributed by atoms with Gasteiger partial charge in [0.05, 0.1) is 17.3 Å². The predicted molar refractivity (Wildman–Crippen MR) is 62.7 cm³/mol. The minimum Gasteiger partial charge on any atom is -0.496 e. The van der Waals surface area contributed by atoms with Gasteiger partial charge >= 0.3 is 5.97 Å². The molecule has 0 unspecified atom stereocenters. The molecule has 16 heavy (non-hydrogen) atoms. The number of nitrogens with one attached hydrogen (secondary N) is 1. The Kier molecular flexibility index (Phi) is 2.66. The number of carbonyl (C=O) groups is 1. The maximum absolute atomic E-state index is 11.0. The van der Waals surface area contributed by atoms with E-state index in [4.69, 9.17) is 9.84 Å². The van der Waals surface area contributed by atoms with Gasteiger partial charge in [-0.05, 0) is 6.07 Å². The van der Waals surface area contributed by atoms with Crippen LogP contribution in [0.1, 0.15) is 10.4 Å². The molecule has 2 N–H and O–H groups in total. The van der Waals surface area contributed by atoms with Gasteiger partial charge in [0.2, 0.25) is 0 Å². The van der Waals surface area contributed by atoms with Gasteiger partial charge in [0.1, 0.15) is 11.3 Å². The molecule has 6 heteroatoms. The molecule has 0 fully saturated rings. The lowest BCUT2D eigenvalue weighted by molar-refractivity contribution is 0.0693. The lowest BCUT2D eigenvalue weighted by Gasteiger charge is -2.03. The van der Waals surface area contributed by atoms with Crippen LogP contribution in [0.15, 0.2) is 12.1 Å². The molecule has 1 aromatic heterocycles. The Morgan fingerprint density at radius 1 is 1.56 bits per heavy atom. The van der Waals surface area contributed by atoms with Gasteiger partial charge in [-0.1, -0.05) is 11.3 Å². The van der Waals surface area contributed by atoms with Crippen LogP contribution in [0.4, 0.5) is 5.13 Å². The molecule has 0 aliphatic carbocycles. The molecule has 0 saturated heterocycles. The van der Waals surface area contributed by atoms with E-state index in [0.29, 0.717) is 5.75 Å². The average molecular weight is 238 g/mol. The van der Waals surface area contributed by atoms with Crippen LogP contribution >= 0.6 is 11.3 Å². The molecule has 5 nitrogen and oxygen atoms in total. The lowest BCUT2D eigenvalue weighted by atomic mass is 10.2. The number of aromatic carboxylic acids is 1. The second-order valence-electron chi connectivity index (χ2n) is 3.09. The Balaban J connectivity index is 2.67. The standard InChI is InChI=1S/C10H10N2O3S/c1-11-10-12-6-4-7(15-2)5(9(13)14)3-8(6)16-10/h3-4H,1-2H3,(H,11,12)(H,13,14). The summed E-state index contributed by atoms with van der Waals surface area (Å²) in [4.78, 5) is 15.3. The summed E-state index contributed by atoms with van der Waals surface area (Å²) in [5.74, 6) is -0.675. The van der Waals surface area contributed by atoms with Gasteiger partial charge in [0, 0.05) is 13.1 Å². The van der Waals surface area contributed by atoms with Crippen LogP contribution in [-0.4, -0.2) is 30.2 Å². The Morgan fingerprint density at radius 2 is 2.31 bits per heavy atom. The third-order valence-corrected chi connectivity index (χ3v) is 3.19. The van der Waals surface area contributed by atoms with E-state index in [2.05, 4.69) is 10.3 Å². The Bertz CT molecular complexity index is 550. The van der Waals surface area contributed by atoms with E-state index < -0.39 is 5.97 Å². The zero-order valence-corrected chi connectivity index (χ0v) is 9.59. The Hall–Kier alpha value is -1.82. The summed E-state index contributed by atoms with van der Waals surface area (Å²) in [5.41, 5.74) is 0.887. The molecule has 0 atom stereocenters. The summed E-state index contributed by atoms with van der Waals surface area (Å²) in [6.45, 7) is 0. The number of ether oxygens (including phenoxy) is 1. The maximum atomic E-state index is 11.0. The van der Waals surface area contributed by atoms with Crippen LogP contribution in [0.2, 0.25) is 0 Å². The van der Waals surface area contributed by atoms with E-state index in [1.54, 1.807) is 19.2 Å². The highest BCUT2D eigenvalue weighted by molar-refractivity contribution is 7.22. The molecular formula is C10H10N2O3S. The highest BCUT2D eigenvalue weighted by atomic mass is 32.1. The first-order valence-electron chi connectivity index (χ1n) is 4.55. The molecule has 0 spiro atoms. The molecule has 0 radical (unpaired) electrons. The molecule has 1 heterocycles. The lowest BCUT2D eigenvalue weighted by Crippen LogP contribution is -1.99. The van der Waals surface area contributed by atoms with Gasteiger partial charge in [0.25, 0.3) is 0 Å². The van der Waals surface area contributed by atoms with Gasteiger partial charge in [-0.25, -0.2) is 9.78 Å². The maximum Gasteiger partial charge on any atom is 0.339 e. The van der Waals surface area contributed by atoms with Crippen molar-refractivity contribution in [3.05, 3.63) is 17.7 Å². The van der Waals surface area contributed by atoms with Crippen molar-refractivity contribution in [2.24, 2.45) is 0 Å². The number of carboxylic acid groups (broad SMARTS) is 1. The van der Waals surface area contributed by atoms with Crippen LogP contribution in [0.5, 0.6) is 5.75 Å². The zero-order chi connectivity index (χ0) is 11.7. The normalized spacial score (nSPS) is 10.4. The smallest absolute Gasteiger partial charge is 0.339 e. The quantitative estimate of drug-likeness (QED) is 0.856. The molecular weight excluding hydrogens is 228 g/mol. The summed E-state index contributed by atoms with van der Waals surface area (Å²) in [7, 11) is 3.21. The van der Waals surface area contributed by atoms with Gasteiger partial charge in [-0.2, -0.15) is 0 Å². The van der Waals surface area contributed by atoms with Crippen molar-refractivity contribution in [3.8, 4) is 5.75 Å². The predicted octanol–water partition coefficient (Wildman–Crippen LogP) is 2.04. The topological polar surface area (TPSA) is 71.5 Å². The van der Waals surface area contributed by atoms with Crippen LogP contribution in [0.25, 0.3) is 10.2 Å². The number of rotatable bonds is 3. The van der Waals surface area contributed by atoms with E-state index in [1.165, 1.54) is 18.4 Å². The van der Waals surface area contributed by atoms with Gasteiger partial charge < -0.3 is 15.2 Å². The Labute approximate surface area is 95.7 Å². The number of benzene rings is 1. The number of hydrogen-bond donors (Lipinski definition) is 2. The number of methoxy groups -OCH3 is 1. The third-order valence-electron chi connectivity index (χ3n) is 2.15. The van der Waals surface area contributed by atoms with Crippen LogP contribution in [0, 0.1) is 0 Å². The van der Waals surface area contributed by atoms with E-state index in [1.807, 2.05) is 0 Å². The summed E-state index contributed by atoms with van der Waals surface area (Å²) in [5, 5.41) is 12.7. The summed E-state index contributed by atoms with van der Waals surface area (Å²) < 4.78 is 5.84. The summed E-state index contributed by atoms with van der Waals surface area (Å²) >= 11 is 1.41. The van der Waals surface area contributed by atoms with E-state index >= 15 is 0 Å². The largest absolute Gasteiger partial charge is 0.496 e. The highest BCUT2D eigenvalue weighted by Crippen LogP contribution is 2.31. The number of thiazole rings is 1. The van der Waals surface area contributed by atoms with Crippen molar-refractivity contribution in [1.82, 2.24) is 4.98 Å². The van der Waals surface area contributed by atoms with Crippen LogP contribution < -0.4 is 10.1 Å². The van der Waals surface area contributed by atoms with Crippen LogP contribution in [0.3, 0.4) is 0 Å². The zero-order valence-electron chi connectivity index (χ0n) is 8.77. The number of hydrogen-bond acceptors (Lipinski definition) is 5. The van der Waals surface area contributed by atoms with Crippen molar-refractivity contribution < 1.29 is 14.6 Å². The molecule has 1 aromatic carbocycles. The second kappa shape index (κ2) is 3.97. The molecule has 84 valence electrons. The van der Waals surface area contributed by atoms with Crippen molar-refractivity contribution in [2.45, 2.75) is 0 Å². The fourth-order valence-electron chi connectivity index (χ4n) is 1.40. The first-order chi connectivity index (χ1) is 7.65. The first kappa shape index (κ1) is 10.7. The minimum atomic E-state index is -1.00. The average Bonchev–Trinajstić information content (AvgIpc) is 2.68. The minimum absolute atomic E-state index is 0.154. The van der Waals surface area contributed by atoms with Crippen molar-refractivity contribution in [2.75, 3.05) is 19.5 Å². The number of aromatic nitrogens is 1. The van der Waals surface area contributed by atoms with Crippen molar-refractivity contribution in [1.29, 1.82) is 0 Å². The molecule has 0 aliphatic rings. The molecule has 0 aliphatic heterocycles. The van der Waals surface area contributed by atoms with Gasteiger partial charge in [-0.15, -0.1) is 0 Å². The van der Waals surface area contributed by atoms with Crippen LogP contribution in [-0.2, 0) is 0 Å². The molecule has 0 saturated carbocycles. The van der Waals surface area contributed by atoms with E-state index in [-0.39, 0.29) is 5.56 Å². The monoisotopic (exact) mass is 238 g/mol. The highest BCUT2D eigenvalue weighted by Gasteiger charge is 2.14. The summed E-state index contributed by atoms with van der Waals surface area (Å²) in [6, 6.07) is 3.21. The Morgan fingerprint density at radius 3 is 2.88 bits per heavy atom. The molecule has 0 amide bonds. The first-order valence-corrected chi connectivity index (χ1v) is 5.37. The number of nitrogens with zero attached hydrogens (tertiary/aromatic N) is 1. The fraction of sp³-hybridized carbons (Fsp3) is 0.200. The van der Waals surface area contributed by atoms with E-state index in [9.17, 15) is 4.79 Å². The molecule has 0 bridgehead atoms. The van der Waals surface area contributed by atoms with E-state index in [0.717, 1.165) is 15.3 Å². The number of carboxylic acids is 1. The van der Waals surface area contributed by atoms with Crippen molar-refractivity contribution >= 4 is 32.7 Å². The third kappa shape index (κ3) is 1.67. The molecule has 2 rings (SSSR count). The number of anilines is 1. The SMILES string of the molecule is CNc1nc2cc(OC)c(C(=O)O)cc2s1. The second-order valence-corrected chi connectivity index (χ2v) is 4.13. The number of fused-ring (bicyclic) bond motifs is 1. The van der Waals surface area contributed by atoms with Gasteiger partial charge in [0.15, 0.2) is 5.13 Å². The fourth-order valence-corrected chi connectivity index (χ4v) is 2.24. The molecule has 2 aromatic rings. The summed E-state index contributed by atoms with van der Waals surface area (Å²) in [6.07, 6.45) is 0. The van der Waals surface area contributed by atoms with Gasteiger partial charge in [-0.3, -0.25) is 0 Å². The van der Waals surface area contributed by atoms with Crippen molar-refractivity contribution in [3.63, 3.8) is 0 Å².